The Labute approximate surface area is 83.7 Å². The molecule has 1 aromatic rings. The van der Waals surface area contributed by atoms with Crippen LogP contribution in [0.2, 0.25) is 0 Å². The number of rotatable bonds is 3. The average molecular weight is 200 g/mol. The van der Waals surface area contributed by atoms with E-state index in [0.29, 0.717) is 11.5 Å². The van der Waals surface area contributed by atoms with Crippen LogP contribution in [-0.2, 0) is 6.61 Å². The SMILES string of the molecule is CO.COc1ccc(CO)cc1OC. The molecule has 2 N–H and O–H groups in total. The maximum absolute atomic E-state index is 8.82. The lowest BCUT2D eigenvalue weighted by Crippen LogP contribution is -1.92. The topological polar surface area (TPSA) is 58.9 Å². The molecule has 0 saturated heterocycles. The van der Waals surface area contributed by atoms with Crippen molar-refractivity contribution < 1.29 is 19.7 Å². The summed E-state index contributed by atoms with van der Waals surface area (Å²) in [5.74, 6) is 1.32. The lowest BCUT2D eigenvalue weighted by atomic mass is 10.2. The Hall–Kier alpha value is -1.26. The van der Waals surface area contributed by atoms with Crippen LogP contribution in [0.1, 0.15) is 5.56 Å². The third kappa shape index (κ3) is 3.24. The summed E-state index contributed by atoms with van der Waals surface area (Å²) in [7, 11) is 4.15. The molecule has 80 valence electrons. The molecule has 0 aromatic heterocycles. The quantitative estimate of drug-likeness (QED) is 0.758. The van der Waals surface area contributed by atoms with Crippen molar-refractivity contribution in [3.05, 3.63) is 23.8 Å². The monoisotopic (exact) mass is 200 g/mol. The van der Waals surface area contributed by atoms with Gasteiger partial charge in [-0.3, -0.25) is 0 Å². The molecule has 0 bridgehead atoms. The van der Waals surface area contributed by atoms with Crippen LogP contribution in [0.15, 0.2) is 18.2 Å². The molecule has 1 aromatic carbocycles. The van der Waals surface area contributed by atoms with Gasteiger partial charge in [-0.15, -0.1) is 0 Å². The molecule has 0 atom stereocenters. The van der Waals surface area contributed by atoms with Gasteiger partial charge < -0.3 is 19.7 Å². The Morgan fingerprint density at radius 1 is 1.07 bits per heavy atom. The summed E-state index contributed by atoms with van der Waals surface area (Å²) in [6, 6.07) is 5.31. The molecule has 0 aliphatic rings. The van der Waals surface area contributed by atoms with Crippen molar-refractivity contribution in [3.63, 3.8) is 0 Å². The zero-order valence-electron chi connectivity index (χ0n) is 8.65. The van der Waals surface area contributed by atoms with Crippen LogP contribution in [-0.4, -0.2) is 31.5 Å². The Morgan fingerprint density at radius 3 is 2.07 bits per heavy atom. The van der Waals surface area contributed by atoms with E-state index >= 15 is 0 Å². The molecule has 0 aliphatic heterocycles. The average Bonchev–Trinajstić information content (AvgIpc) is 2.30. The second-order valence-electron chi connectivity index (χ2n) is 2.35. The maximum Gasteiger partial charge on any atom is 0.161 e. The van der Waals surface area contributed by atoms with E-state index < -0.39 is 0 Å². The van der Waals surface area contributed by atoms with Gasteiger partial charge in [0.25, 0.3) is 0 Å². The minimum atomic E-state index is 0.0142. The highest BCUT2D eigenvalue weighted by molar-refractivity contribution is 5.42. The molecule has 4 heteroatoms. The Bertz CT molecular complexity index is 260. The third-order valence-corrected chi connectivity index (χ3v) is 1.63. The first kappa shape index (κ1) is 12.7. The van der Waals surface area contributed by atoms with Gasteiger partial charge in [-0.1, -0.05) is 6.07 Å². The summed E-state index contributed by atoms with van der Waals surface area (Å²) in [4.78, 5) is 0. The molecule has 0 saturated carbocycles. The van der Waals surface area contributed by atoms with Gasteiger partial charge in [-0.2, -0.15) is 0 Å². The predicted octanol–water partition coefficient (Wildman–Crippen LogP) is 0.805. The summed E-state index contributed by atoms with van der Waals surface area (Å²) < 4.78 is 10.1. The zero-order chi connectivity index (χ0) is 11.0. The van der Waals surface area contributed by atoms with Crippen LogP contribution in [0.25, 0.3) is 0 Å². The molecule has 4 nitrogen and oxygen atoms in total. The molecular formula is C10H16O4. The van der Waals surface area contributed by atoms with Gasteiger partial charge in [-0.05, 0) is 17.7 Å². The molecule has 0 unspecified atom stereocenters. The molecule has 0 spiro atoms. The fourth-order valence-corrected chi connectivity index (χ4v) is 0.979. The fourth-order valence-electron chi connectivity index (χ4n) is 0.979. The van der Waals surface area contributed by atoms with Crippen molar-refractivity contribution in [2.24, 2.45) is 0 Å². The third-order valence-electron chi connectivity index (χ3n) is 1.63. The summed E-state index contributed by atoms with van der Waals surface area (Å²) in [5.41, 5.74) is 0.813. The molecule has 0 aliphatic carbocycles. The standard InChI is InChI=1S/C9H12O3.CH4O/c1-11-8-4-3-7(6-10)5-9(8)12-2;1-2/h3-5,10H,6H2,1-2H3;2H,1H3. The first-order chi connectivity index (χ1) is 6.81. The molecule has 0 heterocycles. The van der Waals surface area contributed by atoms with Crippen molar-refractivity contribution >= 4 is 0 Å². The van der Waals surface area contributed by atoms with E-state index in [2.05, 4.69) is 0 Å². The lowest BCUT2D eigenvalue weighted by molar-refractivity contribution is 0.280. The number of methoxy groups -OCH3 is 2. The number of hydrogen-bond donors (Lipinski definition) is 2. The summed E-state index contributed by atoms with van der Waals surface area (Å²) in [6.07, 6.45) is 0. The molecule has 14 heavy (non-hydrogen) atoms. The lowest BCUT2D eigenvalue weighted by Gasteiger charge is -2.07. The highest BCUT2D eigenvalue weighted by Crippen LogP contribution is 2.27. The summed E-state index contributed by atoms with van der Waals surface area (Å²) in [5, 5.41) is 15.8. The second-order valence-corrected chi connectivity index (χ2v) is 2.35. The van der Waals surface area contributed by atoms with Gasteiger partial charge in [0.15, 0.2) is 11.5 Å². The Morgan fingerprint density at radius 2 is 1.64 bits per heavy atom. The van der Waals surface area contributed by atoms with E-state index in [0.717, 1.165) is 12.7 Å². The highest BCUT2D eigenvalue weighted by atomic mass is 16.5. The van der Waals surface area contributed by atoms with Gasteiger partial charge in [0.2, 0.25) is 0 Å². The van der Waals surface area contributed by atoms with E-state index in [-0.39, 0.29) is 6.61 Å². The largest absolute Gasteiger partial charge is 0.493 e. The number of benzene rings is 1. The minimum Gasteiger partial charge on any atom is -0.493 e. The minimum absolute atomic E-state index is 0.0142. The Balaban J connectivity index is 0.000000791. The normalized spacial score (nSPS) is 8.64. The molecule has 0 radical (unpaired) electrons. The predicted molar refractivity (Wildman–Crippen MR) is 53.6 cm³/mol. The van der Waals surface area contributed by atoms with Crippen molar-refractivity contribution in [1.29, 1.82) is 0 Å². The van der Waals surface area contributed by atoms with Crippen LogP contribution < -0.4 is 9.47 Å². The van der Waals surface area contributed by atoms with E-state index in [1.165, 1.54) is 0 Å². The van der Waals surface area contributed by atoms with Crippen molar-refractivity contribution in [3.8, 4) is 11.5 Å². The van der Waals surface area contributed by atoms with E-state index in [9.17, 15) is 0 Å². The second kappa shape index (κ2) is 7.17. The van der Waals surface area contributed by atoms with Crippen molar-refractivity contribution in [2.75, 3.05) is 21.3 Å². The maximum atomic E-state index is 8.82. The van der Waals surface area contributed by atoms with E-state index in [1.54, 1.807) is 32.4 Å². The highest BCUT2D eigenvalue weighted by Gasteiger charge is 2.02. The van der Waals surface area contributed by atoms with Crippen LogP contribution in [0.3, 0.4) is 0 Å². The van der Waals surface area contributed by atoms with Crippen LogP contribution in [0, 0.1) is 0 Å². The molecule has 0 fully saturated rings. The van der Waals surface area contributed by atoms with Gasteiger partial charge >= 0.3 is 0 Å². The van der Waals surface area contributed by atoms with Crippen LogP contribution >= 0.6 is 0 Å². The summed E-state index contributed by atoms with van der Waals surface area (Å²) in [6.45, 7) is 0.0142. The number of aliphatic hydroxyl groups excluding tert-OH is 2. The van der Waals surface area contributed by atoms with Gasteiger partial charge in [0.05, 0.1) is 20.8 Å². The first-order valence-corrected chi connectivity index (χ1v) is 4.08. The van der Waals surface area contributed by atoms with E-state index in [1.807, 2.05) is 0 Å². The smallest absolute Gasteiger partial charge is 0.161 e. The zero-order valence-corrected chi connectivity index (χ0v) is 8.65. The van der Waals surface area contributed by atoms with E-state index in [4.69, 9.17) is 19.7 Å². The van der Waals surface area contributed by atoms with Gasteiger partial charge in [-0.25, -0.2) is 0 Å². The van der Waals surface area contributed by atoms with Gasteiger partial charge in [0, 0.05) is 7.11 Å². The van der Waals surface area contributed by atoms with Crippen LogP contribution in [0.5, 0.6) is 11.5 Å². The summed E-state index contributed by atoms with van der Waals surface area (Å²) >= 11 is 0. The number of aliphatic hydroxyl groups is 2. The Kier molecular flexibility index (Phi) is 6.53. The molecular weight excluding hydrogens is 184 g/mol. The molecule has 0 amide bonds. The number of hydrogen-bond acceptors (Lipinski definition) is 4. The molecule has 1 rings (SSSR count). The van der Waals surface area contributed by atoms with Gasteiger partial charge in [0.1, 0.15) is 0 Å². The van der Waals surface area contributed by atoms with Crippen molar-refractivity contribution in [1.82, 2.24) is 0 Å². The number of ether oxygens (including phenoxy) is 2. The fraction of sp³-hybridized carbons (Fsp3) is 0.400. The van der Waals surface area contributed by atoms with Crippen molar-refractivity contribution in [2.45, 2.75) is 6.61 Å². The first-order valence-electron chi connectivity index (χ1n) is 4.08. The van der Waals surface area contributed by atoms with Crippen LogP contribution in [0.4, 0.5) is 0 Å².